The average Bonchev–Trinajstić information content (AvgIpc) is 2.65. The van der Waals surface area contributed by atoms with E-state index in [2.05, 4.69) is 22.5 Å². The molecule has 88 valence electrons. The van der Waals surface area contributed by atoms with Gasteiger partial charge in [0.05, 0.1) is 12.5 Å². The monoisotopic (exact) mass is 222 g/mol. The first-order chi connectivity index (χ1) is 7.61. The first kappa shape index (κ1) is 11.1. The number of hydrogen-bond acceptors (Lipinski definition) is 3. The molecule has 1 fully saturated rings. The molecule has 16 heavy (non-hydrogen) atoms. The average molecular weight is 222 g/mol. The number of aromatic nitrogens is 2. The molecule has 0 saturated carbocycles. The molecule has 0 radical (unpaired) electrons. The summed E-state index contributed by atoms with van der Waals surface area (Å²) in [4.78, 5) is 16.0. The molecule has 1 saturated heterocycles. The maximum absolute atomic E-state index is 12.0. The fourth-order valence-electron chi connectivity index (χ4n) is 2.02. The topological polar surface area (TPSA) is 59.0 Å². The fourth-order valence-corrected chi connectivity index (χ4v) is 2.02. The van der Waals surface area contributed by atoms with Crippen LogP contribution in [-0.2, 0) is 7.05 Å². The van der Waals surface area contributed by atoms with Gasteiger partial charge in [-0.1, -0.05) is 0 Å². The Morgan fingerprint density at radius 3 is 2.81 bits per heavy atom. The number of imidazole rings is 1. The Morgan fingerprint density at radius 2 is 2.25 bits per heavy atom. The van der Waals surface area contributed by atoms with Gasteiger partial charge in [-0.3, -0.25) is 4.79 Å². The van der Waals surface area contributed by atoms with Crippen molar-refractivity contribution in [2.45, 2.75) is 25.3 Å². The summed E-state index contributed by atoms with van der Waals surface area (Å²) in [5.74, 6) is -0.0376. The Labute approximate surface area is 95.2 Å². The van der Waals surface area contributed by atoms with E-state index in [4.69, 9.17) is 0 Å². The van der Waals surface area contributed by atoms with Crippen molar-refractivity contribution >= 4 is 5.91 Å². The number of nitrogens with one attached hydrogen (secondary N) is 2. The van der Waals surface area contributed by atoms with Gasteiger partial charge in [-0.05, 0) is 32.9 Å². The van der Waals surface area contributed by atoms with Crippen molar-refractivity contribution in [1.29, 1.82) is 0 Å². The zero-order valence-electron chi connectivity index (χ0n) is 9.79. The van der Waals surface area contributed by atoms with Crippen LogP contribution in [0, 0.1) is 0 Å². The Morgan fingerprint density at radius 1 is 1.56 bits per heavy atom. The summed E-state index contributed by atoms with van der Waals surface area (Å²) in [6.45, 7) is 4.02. The van der Waals surface area contributed by atoms with E-state index in [0.717, 1.165) is 25.9 Å². The minimum atomic E-state index is -0.0907. The highest BCUT2D eigenvalue weighted by molar-refractivity contribution is 5.92. The molecule has 2 N–H and O–H groups in total. The molecule has 1 amide bonds. The number of carbonyl (C=O) groups is 1. The summed E-state index contributed by atoms with van der Waals surface area (Å²) >= 11 is 0. The lowest BCUT2D eigenvalue weighted by Gasteiger charge is -2.34. The van der Waals surface area contributed by atoms with Crippen LogP contribution in [0.25, 0.3) is 0 Å². The van der Waals surface area contributed by atoms with Gasteiger partial charge in [0, 0.05) is 12.6 Å². The lowest BCUT2D eigenvalue weighted by atomic mass is 9.90. The maximum atomic E-state index is 12.0. The van der Waals surface area contributed by atoms with Crippen molar-refractivity contribution in [3.63, 3.8) is 0 Å². The van der Waals surface area contributed by atoms with Gasteiger partial charge in [0.2, 0.25) is 0 Å². The zero-order valence-corrected chi connectivity index (χ0v) is 9.79. The van der Waals surface area contributed by atoms with Crippen LogP contribution in [0.2, 0.25) is 0 Å². The molecule has 0 atom stereocenters. The molecule has 0 unspecified atom stereocenters. The van der Waals surface area contributed by atoms with Crippen LogP contribution >= 0.6 is 0 Å². The fraction of sp³-hybridized carbons (Fsp3) is 0.636. The lowest BCUT2D eigenvalue weighted by Crippen LogP contribution is -2.52. The van der Waals surface area contributed by atoms with Crippen molar-refractivity contribution < 1.29 is 4.79 Å². The highest BCUT2D eigenvalue weighted by atomic mass is 16.2. The number of rotatable bonds is 2. The summed E-state index contributed by atoms with van der Waals surface area (Å²) in [5.41, 5.74) is 0.520. The number of aryl methyl sites for hydroxylation is 1. The second-order valence-electron chi connectivity index (χ2n) is 4.65. The number of hydrogen-bond donors (Lipinski definition) is 2. The van der Waals surface area contributed by atoms with E-state index in [9.17, 15) is 4.79 Å². The zero-order chi connectivity index (χ0) is 11.6. The van der Waals surface area contributed by atoms with E-state index >= 15 is 0 Å². The molecule has 2 rings (SSSR count). The molecule has 0 aliphatic carbocycles. The van der Waals surface area contributed by atoms with Gasteiger partial charge in [0.1, 0.15) is 5.69 Å². The summed E-state index contributed by atoms with van der Waals surface area (Å²) in [5, 5.41) is 6.39. The molecule has 1 aliphatic rings. The van der Waals surface area contributed by atoms with Gasteiger partial charge in [0.25, 0.3) is 5.91 Å². The summed E-state index contributed by atoms with van der Waals surface area (Å²) in [6.07, 6.45) is 5.17. The SMILES string of the molecule is Cn1cncc1C(=O)NC1(C)CCNCC1. The minimum Gasteiger partial charge on any atom is -0.345 e. The van der Waals surface area contributed by atoms with E-state index in [1.807, 2.05) is 7.05 Å². The molecule has 2 heterocycles. The van der Waals surface area contributed by atoms with Crippen molar-refractivity contribution in [3.8, 4) is 0 Å². The molecule has 1 aliphatic heterocycles. The Kier molecular flexibility index (Phi) is 2.96. The largest absolute Gasteiger partial charge is 0.345 e. The molecule has 5 nitrogen and oxygen atoms in total. The third-order valence-corrected chi connectivity index (χ3v) is 3.17. The summed E-state index contributed by atoms with van der Waals surface area (Å²) in [6, 6.07) is 0. The van der Waals surface area contributed by atoms with Gasteiger partial charge >= 0.3 is 0 Å². The van der Waals surface area contributed by atoms with Crippen LogP contribution in [0.5, 0.6) is 0 Å². The Bertz CT molecular complexity index is 379. The van der Waals surface area contributed by atoms with E-state index in [1.165, 1.54) is 0 Å². The molecule has 5 heteroatoms. The summed E-state index contributed by atoms with van der Waals surface area (Å²) in [7, 11) is 1.83. The molecule has 1 aromatic rings. The number of nitrogens with zero attached hydrogens (tertiary/aromatic N) is 2. The number of piperidine rings is 1. The van der Waals surface area contributed by atoms with Crippen molar-refractivity contribution in [2.24, 2.45) is 7.05 Å². The van der Waals surface area contributed by atoms with Crippen LogP contribution < -0.4 is 10.6 Å². The summed E-state index contributed by atoms with van der Waals surface area (Å²) < 4.78 is 1.74. The standard InChI is InChI=1S/C11H18N4O/c1-11(3-5-12-6-4-11)14-10(16)9-7-13-8-15(9)2/h7-8,12H,3-6H2,1-2H3,(H,14,16). The van der Waals surface area contributed by atoms with Gasteiger partial charge in [-0.2, -0.15) is 0 Å². The van der Waals surface area contributed by atoms with E-state index in [0.29, 0.717) is 5.69 Å². The van der Waals surface area contributed by atoms with Gasteiger partial charge in [-0.15, -0.1) is 0 Å². The highest BCUT2D eigenvalue weighted by Crippen LogP contribution is 2.17. The number of carbonyl (C=O) groups excluding carboxylic acids is 1. The van der Waals surface area contributed by atoms with Crippen molar-refractivity contribution in [2.75, 3.05) is 13.1 Å². The maximum Gasteiger partial charge on any atom is 0.269 e. The van der Waals surface area contributed by atoms with Gasteiger partial charge in [-0.25, -0.2) is 4.98 Å². The van der Waals surface area contributed by atoms with Gasteiger partial charge in [0.15, 0.2) is 0 Å². The predicted octanol–water partition coefficient (Wildman–Crippen LogP) is 0.292. The van der Waals surface area contributed by atoms with E-state index in [-0.39, 0.29) is 11.4 Å². The first-order valence-corrected chi connectivity index (χ1v) is 5.60. The normalized spacial score (nSPS) is 19.4. The van der Waals surface area contributed by atoms with Crippen LogP contribution in [0.4, 0.5) is 0 Å². The van der Waals surface area contributed by atoms with Crippen molar-refractivity contribution in [1.82, 2.24) is 20.2 Å². The predicted molar refractivity (Wildman–Crippen MR) is 61.2 cm³/mol. The lowest BCUT2D eigenvalue weighted by molar-refractivity contribution is 0.0879. The third kappa shape index (κ3) is 2.24. The second kappa shape index (κ2) is 4.25. The molecule has 0 bridgehead atoms. The minimum absolute atomic E-state index is 0.0376. The molecule has 0 spiro atoms. The number of amides is 1. The molecule has 1 aromatic heterocycles. The van der Waals surface area contributed by atoms with Crippen molar-refractivity contribution in [3.05, 3.63) is 18.2 Å². The van der Waals surface area contributed by atoms with Gasteiger partial charge < -0.3 is 15.2 Å². The second-order valence-corrected chi connectivity index (χ2v) is 4.65. The third-order valence-electron chi connectivity index (χ3n) is 3.17. The highest BCUT2D eigenvalue weighted by Gasteiger charge is 2.29. The molecular formula is C11H18N4O. The van der Waals surface area contributed by atoms with Crippen LogP contribution in [-0.4, -0.2) is 34.1 Å². The van der Waals surface area contributed by atoms with E-state index in [1.54, 1.807) is 17.1 Å². The van der Waals surface area contributed by atoms with Crippen LogP contribution in [0.3, 0.4) is 0 Å². The first-order valence-electron chi connectivity index (χ1n) is 5.60. The van der Waals surface area contributed by atoms with Crippen LogP contribution in [0.15, 0.2) is 12.5 Å². The smallest absolute Gasteiger partial charge is 0.269 e. The Hall–Kier alpha value is -1.36. The molecular weight excluding hydrogens is 204 g/mol. The van der Waals surface area contributed by atoms with E-state index < -0.39 is 0 Å². The molecule has 0 aromatic carbocycles. The quantitative estimate of drug-likeness (QED) is 0.756. The Balaban J connectivity index is 2.04. The van der Waals surface area contributed by atoms with Crippen LogP contribution in [0.1, 0.15) is 30.3 Å².